The van der Waals surface area contributed by atoms with Crippen molar-refractivity contribution in [2.24, 2.45) is 0 Å². The summed E-state index contributed by atoms with van der Waals surface area (Å²) in [4.78, 5) is 0. The number of hydrogen-bond acceptors (Lipinski definition) is 2. The van der Waals surface area contributed by atoms with E-state index in [1.807, 2.05) is 6.07 Å². The fraction of sp³-hybridized carbons (Fsp3) is 0.0714. The molecule has 2 aromatic carbocycles. The van der Waals surface area contributed by atoms with E-state index in [0.717, 1.165) is 5.56 Å². The van der Waals surface area contributed by atoms with Crippen molar-refractivity contribution in [3.8, 4) is 6.07 Å². The second-order valence-corrected chi connectivity index (χ2v) is 4.13. The van der Waals surface area contributed by atoms with E-state index >= 15 is 0 Å². The molecule has 0 saturated heterocycles. The zero-order valence-electron chi connectivity index (χ0n) is 10.3. The van der Waals surface area contributed by atoms with E-state index in [2.05, 4.69) is 5.32 Å². The first-order valence-electron chi connectivity index (χ1n) is 5.54. The maximum absolute atomic E-state index is 13.5. The van der Waals surface area contributed by atoms with Gasteiger partial charge in [0.1, 0.15) is 11.8 Å². The highest BCUT2D eigenvalue weighted by Crippen LogP contribution is 2.29. The largest absolute Gasteiger partial charge is 0.349 e. The molecule has 0 aliphatic carbocycles. The van der Waals surface area contributed by atoms with Gasteiger partial charge >= 0.3 is 0 Å². The van der Waals surface area contributed by atoms with Crippen LogP contribution in [0.1, 0.15) is 11.1 Å². The van der Waals surface area contributed by atoms with Crippen LogP contribution in [0.15, 0.2) is 24.3 Å². The van der Waals surface area contributed by atoms with E-state index in [9.17, 15) is 17.6 Å². The summed E-state index contributed by atoms with van der Waals surface area (Å²) in [5, 5.41) is 11.2. The molecule has 0 unspecified atom stereocenters. The van der Waals surface area contributed by atoms with Gasteiger partial charge in [-0.05, 0) is 24.6 Å². The topological polar surface area (TPSA) is 35.8 Å². The van der Waals surface area contributed by atoms with Crippen molar-refractivity contribution >= 4 is 11.4 Å². The molecule has 0 radical (unpaired) electrons. The van der Waals surface area contributed by atoms with Crippen LogP contribution in [0.5, 0.6) is 0 Å². The minimum absolute atomic E-state index is 0.0564. The van der Waals surface area contributed by atoms with E-state index in [1.165, 1.54) is 12.1 Å². The minimum Gasteiger partial charge on any atom is -0.349 e. The van der Waals surface area contributed by atoms with E-state index < -0.39 is 29.0 Å². The van der Waals surface area contributed by atoms with Crippen molar-refractivity contribution in [1.29, 1.82) is 5.26 Å². The molecule has 2 nitrogen and oxygen atoms in total. The molecular weight excluding hydrogens is 272 g/mol. The van der Waals surface area contributed by atoms with Crippen LogP contribution in [0, 0.1) is 41.5 Å². The van der Waals surface area contributed by atoms with E-state index in [-0.39, 0.29) is 17.3 Å². The maximum Gasteiger partial charge on any atom is 0.185 e. The van der Waals surface area contributed by atoms with Crippen molar-refractivity contribution in [2.45, 2.75) is 6.92 Å². The van der Waals surface area contributed by atoms with Crippen LogP contribution in [0.4, 0.5) is 28.9 Å². The molecule has 20 heavy (non-hydrogen) atoms. The molecule has 0 amide bonds. The van der Waals surface area contributed by atoms with Crippen molar-refractivity contribution in [2.75, 3.05) is 5.32 Å². The predicted molar refractivity (Wildman–Crippen MR) is 65.5 cm³/mol. The lowest BCUT2D eigenvalue weighted by Gasteiger charge is -2.11. The van der Waals surface area contributed by atoms with Gasteiger partial charge in [0, 0.05) is 6.07 Å². The van der Waals surface area contributed by atoms with Crippen LogP contribution in [-0.4, -0.2) is 0 Å². The Morgan fingerprint density at radius 2 is 1.60 bits per heavy atom. The lowest BCUT2D eigenvalue weighted by atomic mass is 10.1. The number of nitrogens with one attached hydrogen (secondary N) is 1. The van der Waals surface area contributed by atoms with Gasteiger partial charge in [-0.1, -0.05) is 6.07 Å². The summed E-state index contributed by atoms with van der Waals surface area (Å²) in [5.74, 6) is -6.13. The van der Waals surface area contributed by atoms with E-state index in [1.54, 1.807) is 13.0 Å². The minimum atomic E-state index is -1.55. The molecule has 1 N–H and O–H groups in total. The summed E-state index contributed by atoms with van der Waals surface area (Å²) in [6.07, 6.45) is 0. The van der Waals surface area contributed by atoms with E-state index in [0.29, 0.717) is 0 Å². The summed E-state index contributed by atoms with van der Waals surface area (Å²) < 4.78 is 53.2. The van der Waals surface area contributed by atoms with Gasteiger partial charge in [-0.3, -0.25) is 0 Å². The number of aryl methyl sites for hydroxylation is 1. The number of benzene rings is 2. The SMILES string of the molecule is Cc1ccc(Nc2c(F)c(F)cc(F)c2F)c(C#N)c1. The molecule has 0 fully saturated rings. The van der Waals surface area contributed by atoms with Gasteiger partial charge in [0.2, 0.25) is 0 Å². The third kappa shape index (κ3) is 2.43. The number of nitriles is 1. The van der Waals surface area contributed by atoms with Gasteiger partial charge in [0.15, 0.2) is 23.3 Å². The predicted octanol–water partition coefficient (Wildman–Crippen LogP) is 4.17. The Morgan fingerprint density at radius 3 is 2.15 bits per heavy atom. The standard InChI is InChI=1S/C14H8F4N2/c1-7-2-3-11(8(4-7)6-19)20-14-12(17)9(15)5-10(16)13(14)18/h2-5,20H,1H3. The fourth-order valence-electron chi connectivity index (χ4n) is 1.68. The lowest BCUT2D eigenvalue weighted by molar-refractivity contribution is 0.459. The normalized spacial score (nSPS) is 10.2. The molecule has 0 spiro atoms. The number of nitrogens with zero attached hydrogens (tertiary/aromatic N) is 1. The Bertz CT molecular complexity index is 694. The highest BCUT2D eigenvalue weighted by atomic mass is 19.2. The van der Waals surface area contributed by atoms with Gasteiger partial charge < -0.3 is 5.32 Å². The summed E-state index contributed by atoms with van der Waals surface area (Å²) >= 11 is 0. The van der Waals surface area contributed by atoms with Crippen LogP contribution in [0.3, 0.4) is 0 Å². The number of hydrogen-bond donors (Lipinski definition) is 1. The average Bonchev–Trinajstić information content (AvgIpc) is 2.42. The van der Waals surface area contributed by atoms with Gasteiger partial charge in [-0.15, -0.1) is 0 Å². The zero-order chi connectivity index (χ0) is 14.9. The number of anilines is 2. The third-order valence-electron chi connectivity index (χ3n) is 2.67. The Kier molecular flexibility index (Phi) is 3.61. The van der Waals surface area contributed by atoms with Crippen LogP contribution >= 0.6 is 0 Å². The van der Waals surface area contributed by atoms with Gasteiger partial charge in [-0.25, -0.2) is 17.6 Å². The third-order valence-corrected chi connectivity index (χ3v) is 2.67. The average molecular weight is 280 g/mol. The molecule has 2 aromatic rings. The van der Waals surface area contributed by atoms with Gasteiger partial charge in [-0.2, -0.15) is 5.26 Å². The fourth-order valence-corrected chi connectivity index (χ4v) is 1.68. The second kappa shape index (κ2) is 5.21. The first-order valence-corrected chi connectivity index (χ1v) is 5.54. The first-order chi connectivity index (χ1) is 9.43. The molecule has 6 heteroatoms. The monoisotopic (exact) mass is 280 g/mol. The van der Waals surface area contributed by atoms with Crippen molar-refractivity contribution < 1.29 is 17.6 Å². The molecule has 0 aliphatic rings. The number of halogens is 4. The van der Waals surface area contributed by atoms with Crippen molar-refractivity contribution in [1.82, 2.24) is 0 Å². The van der Waals surface area contributed by atoms with Crippen LogP contribution in [0.2, 0.25) is 0 Å². The summed E-state index contributed by atoms with van der Waals surface area (Å²) in [7, 11) is 0. The smallest absolute Gasteiger partial charge is 0.185 e. The Morgan fingerprint density at radius 1 is 1.00 bits per heavy atom. The maximum atomic E-state index is 13.5. The molecule has 0 saturated carbocycles. The molecule has 0 aromatic heterocycles. The van der Waals surface area contributed by atoms with Crippen LogP contribution < -0.4 is 5.32 Å². The van der Waals surface area contributed by atoms with Gasteiger partial charge in [0.25, 0.3) is 0 Å². The van der Waals surface area contributed by atoms with Crippen molar-refractivity contribution in [3.05, 3.63) is 58.7 Å². The second-order valence-electron chi connectivity index (χ2n) is 4.13. The summed E-state index contributed by atoms with van der Waals surface area (Å²) in [5.41, 5.74) is -0.0457. The quantitative estimate of drug-likeness (QED) is 0.662. The Labute approximate surface area is 112 Å². The molecular formula is C14H8F4N2. The Hall–Kier alpha value is -2.55. The van der Waals surface area contributed by atoms with E-state index in [4.69, 9.17) is 5.26 Å². The molecule has 102 valence electrons. The first kappa shape index (κ1) is 13.9. The highest BCUT2D eigenvalue weighted by Gasteiger charge is 2.20. The molecule has 0 bridgehead atoms. The zero-order valence-corrected chi connectivity index (χ0v) is 10.3. The molecule has 0 aliphatic heterocycles. The molecule has 0 heterocycles. The summed E-state index contributed by atoms with van der Waals surface area (Å²) in [6, 6.07) is 6.42. The summed E-state index contributed by atoms with van der Waals surface area (Å²) in [6.45, 7) is 1.73. The lowest BCUT2D eigenvalue weighted by Crippen LogP contribution is -2.04. The Balaban J connectivity index is 2.54. The van der Waals surface area contributed by atoms with Crippen LogP contribution in [0.25, 0.3) is 0 Å². The molecule has 0 atom stereocenters. The highest BCUT2D eigenvalue weighted by molar-refractivity contribution is 5.67. The molecule has 2 rings (SSSR count). The van der Waals surface area contributed by atoms with Crippen molar-refractivity contribution in [3.63, 3.8) is 0 Å². The van der Waals surface area contributed by atoms with Gasteiger partial charge in [0.05, 0.1) is 11.3 Å². The number of rotatable bonds is 2. The van der Waals surface area contributed by atoms with Crippen LogP contribution in [-0.2, 0) is 0 Å².